The highest BCUT2D eigenvalue weighted by atomic mass is 16.1. The van der Waals surface area contributed by atoms with E-state index in [4.69, 9.17) is 0 Å². The van der Waals surface area contributed by atoms with Crippen molar-refractivity contribution in [3.8, 4) is 22.5 Å². The monoisotopic (exact) mass is 417 g/mol. The highest BCUT2D eigenvalue weighted by Gasteiger charge is 2.15. The minimum absolute atomic E-state index is 0.0513. The molecule has 2 heterocycles. The van der Waals surface area contributed by atoms with Crippen molar-refractivity contribution in [2.75, 3.05) is 38.1 Å². The van der Waals surface area contributed by atoms with E-state index in [2.05, 4.69) is 56.6 Å². The molecule has 0 saturated carbocycles. The summed E-state index contributed by atoms with van der Waals surface area (Å²) in [5.41, 5.74) is 6.73. The Morgan fingerprint density at radius 2 is 1.68 bits per heavy atom. The van der Waals surface area contributed by atoms with E-state index < -0.39 is 0 Å². The van der Waals surface area contributed by atoms with Crippen LogP contribution in [-0.2, 0) is 0 Å². The molecule has 0 unspecified atom stereocenters. The molecule has 1 aliphatic rings. The first-order chi connectivity index (χ1) is 14.9. The van der Waals surface area contributed by atoms with Gasteiger partial charge in [-0.2, -0.15) is 5.10 Å². The van der Waals surface area contributed by atoms with Crippen molar-refractivity contribution in [3.05, 3.63) is 59.7 Å². The van der Waals surface area contributed by atoms with Crippen LogP contribution in [0.4, 0.5) is 5.69 Å². The van der Waals surface area contributed by atoms with Gasteiger partial charge in [-0.1, -0.05) is 24.3 Å². The molecule has 2 N–H and O–H groups in total. The van der Waals surface area contributed by atoms with E-state index in [9.17, 15) is 4.79 Å². The van der Waals surface area contributed by atoms with Crippen molar-refractivity contribution in [2.45, 2.75) is 26.8 Å². The lowest BCUT2D eigenvalue weighted by Gasteiger charge is -2.34. The van der Waals surface area contributed by atoms with Gasteiger partial charge in [0, 0.05) is 49.0 Å². The van der Waals surface area contributed by atoms with Crippen molar-refractivity contribution in [2.24, 2.45) is 0 Å². The molecule has 0 atom stereocenters. The number of benzene rings is 2. The largest absolute Gasteiger partial charge is 0.369 e. The van der Waals surface area contributed by atoms with Crippen LogP contribution in [0.2, 0.25) is 0 Å². The second-order valence-corrected chi connectivity index (χ2v) is 8.66. The number of aromatic nitrogens is 2. The molecule has 162 valence electrons. The molecule has 4 rings (SSSR count). The topological polar surface area (TPSA) is 64.3 Å². The Labute approximate surface area is 184 Å². The Morgan fingerprint density at radius 3 is 2.35 bits per heavy atom. The zero-order chi connectivity index (χ0) is 22.0. The molecule has 0 aliphatic carbocycles. The fraction of sp³-hybridized carbons (Fsp3) is 0.360. The van der Waals surface area contributed by atoms with Crippen LogP contribution in [0.1, 0.15) is 29.8 Å². The van der Waals surface area contributed by atoms with Crippen LogP contribution in [0.25, 0.3) is 22.5 Å². The number of hydrogen-bond donors (Lipinski definition) is 2. The molecule has 1 amide bonds. The van der Waals surface area contributed by atoms with Crippen LogP contribution in [0.5, 0.6) is 0 Å². The van der Waals surface area contributed by atoms with Crippen molar-refractivity contribution in [1.82, 2.24) is 20.4 Å². The average Bonchev–Trinajstić information content (AvgIpc) is 3.24. The highest BCUT2D eigenvalue weighted by Crippen LogP contribution is 2.27. The summed E-state index contributed by atoms with van der Waals surface area (Å²) < 4.78 is 0. The number of rotatable bonds is 5. The molecule has 1 aliphatic heterocycles. The summed E-state index contributed by atoms with van der Waals surface area (Å²) in [6, 6.07) is 16.7. The lowest BCUT2D eigenvalue weighted by atomic mass is 10.0. The zero-order valence-corrected chi connectivity index (χ0v) is 18.8. The molecule has 1 fully saturated rings. The van der Waals surface area contributed by atoms with Crippen LogP contribution >= 0.6 is 0 Å². The number of H-pyrrole nitrogens is 1. The van der Waals surface area contributed by atoms with Gasteiger partial charge in [-0.3, -0.25) is 9.89 Å². The second-order valence-electron chi connectivity index (χ2n) is 8.66. The third-order valence-electron chi connectivity index (χ3n) is 5.82. The molecule has 1 aromatic heterocycles. The smallest absolute Gasteiger partial charge is 0.251 e. The minimum Gasteiger partial charge on any atom is -0.369 e. The van der Waals surface area contributed by atoms with E-state index in [0.717, 1.165) is 54.3 Å². The quantitative estimate of drug-likeness (QED) is 0.660. The van der Waals surface area contributed by atoms with Crippen LogP contribution in [0.3, 0.4) is 0 Å². The van der Waals surface area contributed by atoms with Crippen LogP contribution < -0.4 is 10.2 Å². The normalized spacial score (nSPS) is 14.8. The van der Waals surface area contributed by atoms with Gasteiger partial charge in [0.1, 0.15) is 0 Å². The highest BCUT2D eigenvalue weighted by molar-refractivity contribution is 5.97. The van der Waals surface area contributed by atoms with Crippen LogP contribution in [-0.4, -0.2) is 60.3 Å². The molecular weight excluding hydrogens is 386 g/mol. The average molecular weight is 418 g/mol. The summed E-state index contributed by atoms with van der Waals surface area (Å²) in [6.45, 7) is 10.2. The molecule has 1 saturated heterocycles. The van der Waals surface area contributed by atoms with Crippen molar-refractivity contribution < 1.29 is 4.79 Å². The third-order valence-corrected chi connectivity index (χ3v) is 5.82. The summed E-state index contributed by atoms with van der Waals surface area (Å²) in [5, 5.41) is 10.6. The number of carbonyl (C=O) groups excluding carboxylic acids is 1. The van der Waals surface area contributed by atoms with Gasteiger partial charge < -0.3 is 15.1 Å². The first kappa shape index (κ1) is 21.1. The molecule has 0 bridgehead atoms. The SMILES string of the molecule is Cc1ccc(-c2cc(-c3ccc(N4CCN(C)CC4)cc3)[nH]n2)cc1C(=O)NC(C)C. The number of piperazine rings is 1. The van der Waals surface area contributed by atoms with Gasteiger partial charge >= 0.3 is 0 Å². The predicted molar refractivity (Wildman–Crippen MR) is 127 cm³/mol. The Morgan fingerprint density at radius 1 is 1.00 bits per heavy atom. The first-order valence-electron chi connectivity index (χ1n) is 10.9. The van der Waals surface area contributed by atoms with Crippen molar-refractivity contribution >= 4 is 11.6 Å². The van der Waals surface area contributed by atoms with Gasteiger partial charge in [0.05, 0.1) is 11.4 Å². The Kier molecular flexibility index (Phi) is 6.09. The molecule has 0 radical (unpaired) electrons. The molecule has 31 heavy (non-hydrogen) atoms. The van der Waals surface area contributed by atoms with Gasteiger partial charge in [0.25, 0.3) is 5.91 Å². The van der Waals surface area contributed by atoms with E-state index in [0.29, 0.717) is 5.56 Å². The number of aryl methyl sites for hydroxylation is 1. The number of carbonyl (C=O) groups is 1. The maximum absolute atomic E-state index is 12.5. The lowest BCUT2D eigenvalue weighted by molar-refractivity contribution is 0.0942. The van der Waals surface area contributed by atoms with Crippen LogP contribution in [0.15, 0.2) is 48.5 Å². The van der Waals surface area contributed by atoms with E-state index in [1.807, 2.05) is 45.0 Å². The summed E-state index contributed by atoms with van der Waals surface area (Å²) in [6.07, 6.45) is 0. The van der Waals surface area contributed by atoms with Crippen molar-refractivity contribution in [1.29, 1.82) is 0 Å². The molecular formula is C25H31N5O. The molecule has 6 nitrogen and oxygen atoms in total. The number of anilines is 1. The van der Waals surface area contributed by atoms with E-state index in [1.54, 1.807) is 0 Å². The summed E-state index contributed by atoms with van der Waals surface area (Å²) in [5.74, 6) is -0.0513. The number of amides is 1. The number of aromatic amines is 1. The van der Waals surface area contributed by atoms with E-state index in [-0.39, 0.29) is 11.9 Å². The van der Waals surface area contributed by atoms with Gasteiger partial charge in [-0.15, -0.1) is 0 Å². The van der Waals surface area contributed by atoms with Crippen molar-refractivity contribution in [3.63, 3.8) is 0 Å². The summed E-state index contributed by atoms with van der Waals surface area (Å²) >= 11 is 0. The molecule has 3 aromatic rings. The zero-order valence-electron chi connectivity index (χ0n) is 18.8. The third kappa shape index (κ3) is 4.80. The fourth-order valence-corrected chi connectivity index (χ4v) is 3.90. The molecule has 2 aromatic carbocycles. The van der Waals surface area contributed by atoms with Gasteiger partial charge in [-0.05, 0) is 63.2 Å². The standard InChI is InChI=1S/C25H31N5O/c1-17(2)26-25(31)22-15-20(6-5-18(22)3)24-16-23(27-28-24)19-7-9-21(10-8-19)30-13-11-29(4)12-14-30/h5-10,15-17H,11-14H2,1-4H3,(H,26,31)(H,27,28). The number of nitrogens with zero attached hydrogens (tertiary/aromatic N) is 3. The maximum atomic E-state index is 12.5. The van der Waals surface area contributed by atoms with E-state index in [1.165, 1.54) is 5.69 Å². The number of hydrogen-bond acceptors (Lipinski definition) is 4. The Bertz CT molecular complexity index is 1050. The molecule has 6 heteroatoms. The number of likely N-dealkylation sites (N-methyl/N-ethyl adjacent to an activating group) is 1. The fourth-order valence-electron chi connectivity index (χ4n) is 3.90. The first-order valence-corrected chi connectivity index (χ1v) is 10.9. The Hall–Kier alpha value is -3.12. The summed E-state index contributed by atoms with van der Waals surface area (Å²) in [4.78, 5) is 17.3. The van der Waals surface area contributed by atoms with E-state index >= 15 is 0 Å². The Balaban J connectivity index is 1.52. The van der Waals surface area contributed by atoms with Gasteiger partial charge in [0.15, 0.2) is 0 Å². The van der Waals surface area contributed by atoms with Gasteiger partial charge in [-0.25, -0.2) is 0 Å². The predicted octanol–water partition coefficient (Wildman–Crippen LogP) is 3.94. The molecule has 0 spiro atoms. The van der Waals surface area contributed by atoms with Crippen LogP contribution in [0, 0.1) is 6.92 Å². The lowest BCUT2D eigenvalue weighted by Crippen LogP contribution is -2.44. The maximum Gasteiger partial charge on any atom is 0.251 e. The number of nitrogens with one attached hydrogen (secondary N) is 2. The minimum atomic E-state index is -0.0513. The second kappa shape index (κ2) is 8.94. The van der Waals surface area contributed by atoms with Gasteiger partial charge in [0.2, 0.25) is 0 Å². The summed E-state index contributed by atoms with van der Waals surface area (Å²) in [7, 11) is 2.17.